The number of hydrogen-bond acceptors (Lipinski definition) is 3. The van der Waals surface area contributed by atoms with Crippen LogP contribution in [0.2, 0.25) is 0 Å². The van der Waals surface area contributed by atoms with Crippen molar-refractivity contribution in [3.63, 3.8) is 0 Å². The molecular weight excluding hydrogens is 645 g/mol. The van der Waals surface area contributed by atoms with Gasteiger partial charge in [-0.2, -0.15) is 0 Å². The number of hydrogen-bond donors (Lipinski definition) is 0. The van der Waals surface area contributed by atoms with Crippen LogP contribution in [0.15, 0.2) is 176 Å². The van der Waals surface area contributed by atoms with Crippen LogP contribution in [0.1, 0.15) is 30.5 Å². The van der Waals surface area contributed by atoms with Gasteiger partial charge in [0, 0.05) is 27.6 Å². The van der Waals surface area contributed by atoms with Gasteiger partial charge >= 0.3 is 0 Å². The highest BCUT2D eigenvalue weighted by atomic mass is 16.5. The fraction of sp³-hybridized carbons (Fsp3) is 0.0800. The van der Waals surface area contributed by atoms with E-state index in [1.807, 2.05) is 0 Å². The minimum absolute atomic E-state index is 0.369. The van der Waals surface area contributed by atoms with Crippen molar-refractivity contribution in [2.75, 3.05) is 9.80 Å². The van der Waals surface area contributed by atoms with Gasteiger partial charge < -0.3 is 14.5 Å². The number of nitrogens with zero attached hydrogens (tertiary/aromatic N) is 2. The van der Waals surface area contributed by atoms with E-state index in [2.05, 4.69) is 206 Å². The van der Waals surface area contributed by atoms with Crippen molar-refractivity contribution in [2.45, 2.75) is 26.2 Å². The number of anilines is 6. The Labute approximate surface area is 311 Å². The molecule has 0 amide bonds. The quantitative estimate of drug-likeness (QED) is 0.180. The van der Waals surface area contributed by atoms with Crippen LogP contribution >= 0.6 is 0 Å². The van der Waals surface area contributed by atoms with E-state index in [4.69, 9.17) is 4.74 Å². The van der Waals surface area contributed by atoms with Gasteiger partial charge in [0.2, 0.25) is 0 Å². The summed E-state index contributed by atoms with van der Waals surface area (Å²) in [6.07, 6.45) is 0. The molecule has 0 spiro atoms. The Balaban J connectivity index is 1.26. The molecule has 10 rings (SSSR count). The molecule has 0 fully saturated rings. The second-order valence-corrected chi connectivity index (χ2v) is 14.6. The molecule has 0 saturated carbocycles. The normalized spacial score (nSPS) is 13.5. The lowest BCUT2D eigenvalue weighted by molar-refractivity contribution is 0.472. The van der Waals surface area contributed by atoms with Crippen LogP contribution in [0, 0.1) is 6.92 Å². The van der Waals surface area contributed by atoms with Crippen molar-refractivity contribution in [2.24, 2.45) is 0 Å². The van der Waals surface area contributed by atoms with E-state index in [1.165, 1.54) is 44.3 Å². The second kappa shape index (κ2) is 12.0. The number of rotatable bonds is 5. The Morgan fingerprint density at radius 3 is 1.98 bits per heavy atom. The topological polar surface area (TPSA) is 15.7 Å². The third-order valence-electron chi connectivity index (χ3n) is 11.1. The number of para-hydroxylation sites is 1. The van der Waals surface area contributed by atoms with Crippen LogP contribution in [0.3, 0.4) is 0 Å². The maximum absolute atomic E-state index is 7.12. The molecule has 0 unspecified atom stereocenters. The highest BCUT2D eigenvalue weighted by Gasteiger charge is 2.45. The van der Waals surface area contributed by atoms with Crippen molar-refractivity contribution >= 4 is 44.9 Å². The summed E-state index contributed by atoms with van der Waals surface area (Å²) in [5.74, 6) is 1.75. The average Bonchev–Trinajstić information content (AvgIpc) is 3.21. The van der Waals surface area contributed by atoms with Crippen molar-refractivity contribution in [1.82, 2.24) is 0 Å². The molecule has 3 nitrogen and oxygen atoms in total. The molecule has 0 aromatic heterocycles. The second-order valence-electron chi connectivity index (χ2n) is 14.6. The van der Waals surface area contributed by atoms with Gasteiger partial charge in [-0.05, 0) is 76.5 Å². The largest absolute Gasteiger partial charge is 0.452 e. The fourth-order valence-corrected chi connectivity index (χ4v) is 8.60. The molecule has 0 atom stereocenters. The van der Waals surface area contributed by atoms with Gasteiger partial charge in [-0.15, -0.1) is 0 Å². The number of aryl methyl sites for hydroxylation is 1. The van der Waals surface area contributed by atoms with Gasteiger partial charge in [-0.1, -0.05) is 153 Å². The molecule has 0 saturated heterocycles. The highest BCUT2D eigenvalue weighted by Crippen LogP contribution is 2.64. The first-order valence-corrected chi connectivity index (χ1v) is 18.4. The molecule has 2 aliphatic heterocycles. The lowest BCUT2D eigenvalue weighted by Gasteiger charge is -2.47. The maximum atomic E-state index is 7.12. The average molecular weight is 683 g/mol. The third-order valence-corrected chi connectivity index (χ3v) is 11.1. The smallest absolute Gasteiger partial charge is 0.159 e. The first kappa shape index (κ1) is 31.2. The molecule has 8 aromatic rings. The minimum Gasteiger partial charge on any atom is -0.452 e. The van der Waals surface area contributed by atoms with Crippen LogP contribution in [-0.2, 0) is 5.41 Å². The highest BCUT2D eigenvalue weighted by molar-refractivity contribution is 6.03. The van der Waals surface area contributed by atoms with Crippen molar-refractivity contribution in [1.29, 1.82) is 0 Å². The number of ether oxygens (including phenoxy) is 1. The van der Waals surface area contributed by atoms with E-state index in [-0.39, 0.29) is 5.41 Å². The van der Waals surface area contributed by atoms with E-state index in [9.17, 15) is 0 Å². The fourth-order valence-electron chi connectivity index (χ4n) is 8.60. The monoisotopic (exact) mass is 682 g/mol. The zero-order valence-electron chi connectivity index (χ0n) is 30.0. The molecule has 2 heterocycles. The molecule has 0 radical (unpaired) electrons. The Morgan fingerprint density at radius 2 is 1.19 bits per heavy atom. The van der Waals surface area contributed by atoms with Gasteiger partial charge in [-0.3, -0.25) is 0 Å². The molecule has 0 N–H and O–H groups in total. The first-order chi connectivity index (χ1) is 26.0. The number of benzene rings is 8. The zero-order chi connectivity index (χ0) is 35.7. The number of fused-ring (bicyclic) bond motifs is 5. The Kier molecular flexibility index (Phi) is 7.06. The van der Waals surface area contributed by atoms with Gasteiger partial charge in [0.25, 0.3) is 0 Å². The lowest BCUT2D eigenvalue weighted by atomic mass is 9.72. The summed E-state index contributed by atoms with van der Waals surface area (Å²) in [5.41, 5.74) is 14.6. The Bertz CT molecular complexity index is 2670. The van der Waals surface area contributed by atoms with Crippen LogP contribution in [0.5, 0.6) is 11.5 Å². The molecular formula is C50H38N2O. The predicted molar refractivity (Wildman–Crippen MR) is 221 cm³/mol. The van der Waals surface area contributed by atoms with Crippen LogP contribution in [0.4, 0.5) is 34.1 Å². The summed E-state index contributed by atoms with van der Waals surface area (Å²) in [5, 5.41) is 2.40. The maximum Gasteiger partial charge on any atom is 0.159 e. The van der Waals surface area contributed by atoms with Gasteiger partial charge in [0.15, 0.2) is 11.5 Å². The van der Waals surface area contributed by atoms with Crippen LogP contribution in [-0.4, -0.2) is 0 Å². The van der Waals surface area contributed by atoms with E-state index >= 15 is 0 Å². The predicted octanol–water partition coefficient (Wildman–Crippen LogP) is 14.2. The summed E-state index contributed by atoms with van der Waals surface area (Å²) in [4.78, 5) is 4.94. The van der Waals surface area contributed by atoms with Gasteiger partial charge in [0.1, 0.15) is 0 Å². The van der Waals surface area contributed by atoms with Gasteiger partial charge in [-0.25, -0.2) is 0 Å². The third kappa shape index (κ3) is 4.81. The Hall–Kier alpha value is -6.58. The SMILES string of the molecule is Cc1ccc(-c2ccccc2)c2c1N1c3ccccc3C(C)(C)c3c(N(c4ccc(-c5ccccc5)cc4)c4cccc5ccccc45)ccc(c31)O2. The summed E-state index contributed by atoms with van der Waals surface area (Å²) in [6, 6.07) is 63.3. The van der Waals surface area contributed by atoms with Crippen molar-refractivity contribution in [3.8, 4) is 33.8 Å². The summed E-state index contributed by atoms with van der Waals surface area (Å²) >= 11 is 0. The van der Waals surface area contributed by atoms with Gasteiger partial charge in [0.05, 0.1) is 28.4 Å². The zero-order valence-corrected chi connectivity index (χ0v) is 30.0. The van der Waals surface area contributed by atoms with Crippen LogP contribution < -0.4 is 14.5 Å². The van der Waals surface area contributed by atoms with E-state index in [0.717, 1.165) is 51.1 Å². The summed E-state index contributed by atoms with van der Waals surface area (Å²) < 4.78 is 7.12. The molecule has 53 heavy (non-hydrogen) atoms. The molecule has 3 heteroatoms. The molecule has 254 valence electrons. The molecule has 2 aliphatic rings. The van der Waals surface area contributed by atoms with E-state index in [0.29, 0.717) is 0 Å². The van der Waals surface area contributed by atoms with E-state index in [1.54, 1.807) is 0 Å². The summed E-state index contributed by atoms with van der Waals surface area (Å²) in [6.45, 7) is 6.93. The summed E-state index contributed by atoms with van der Waals surface area (Å²) in [7, 11) is 0. The van der Waals surface area contributed by atoms with Crippen molar-refractivity contribution in [3.05, 3.63) is 193 Å². The van der Waals surface area contributed by atoms with E-state index < -0.39 is 0 Å². The standard InChI is InChI=1S/C50H38N2O/c1-33-25-30-40(37-17-8-5-9-18-37)49-47(33)52-43-23-13-12-22-41(43)50(2,3)46-44(31-32-45(53-49)48(46)52)51(42-24-14-20-36-19-10-11-21-39(36)42)38-28-26-35(27-29-38)34-15-6-4-7-16-34/h4-32H,1-3H3. The first-order valence-electron chi connectivity index (χ1n) is 18.4. The molecule has 0 bridgehead atoms. The molecule has 8 aromatic carbocycles. The van der Waals surface area contributed by atoms with Crippen LogP contribution in [0.25, 0.3) is 33.0 Å². The lowest BCUT2D eigenvalue weighted by Crippen LogP contribution is -2.34. The minimum atomic E-state index is -0.369. The Morgan fingerprint density at radius 1 is 0.528 bits per heavy atom. The molecule has 0 aliphatic carbocycles. The van der Waals surface area contributed by atoms with Crippen molar-refractivity contribution < 1.29 is 4.74 Å².